The second kappa shape index (κ2) is 10.6. The van der Waals surface area contributed by atoms with Crippen molar-refractivity contribution >= 4 is 10.8 Å². The minimum absolute atomic E-state index is 0.304. The maximum atomic E-state index is 10.5. The number of methoxy groups -OCH3 is 1. The third-order valence-electron chi connectivity index (χ3n) is 6.26. The molecule has 0 aromatic heterocycles. The van der Waals surface area contributed by atoms with E-state index in [-0.39, 0.29) is 0 Å². The number of nitrogens with one attached hydrogen (secondary N) is 1. The zero-order valence-corrected chi connectivity index (χ0v) is 18.3. The number of nitrogens with two attached hydrogens (primary N) is 1. The van der Waals surface area contributed by atoms with E-state index in [1.165, 1.54) is 36.9 Å². The van der Waals surface area contributed by atoms with Gasteiger partial charge < -0.3 is 24.8 Å². The number of aliphatic hydroxyl groups is 1. The highest BCUT2D eigenvalue weighted by molar-refractivity contribution is 5.83. The number of likely N-dealkylation sites (tertiary alicyclic amines) is 1. The molecule has 3 aromatic carbocycles. The average Bonchev–Trinajstić information content (AvgIpc) is 3.35. The number of rotatable bonds is 10. The predicted molar refractivity (Wildman–Crippen MR) is 123 cm³/mol. The molecule has 1 fully saturated rings. The van der Waals surface area contributed by atoms with Crippen molar-refractivity contribution in [3.63, 3.8) is 0 Å². The molecule has 1 aliphatic heterocycles. The van der Waals surface area contributed by atoms with Gasteiger partial charge in [-0.15, -0.1) is 0 Å². The Morgan fingerprint density at radius 1 is 0.903 bits per heavy atom. The van der Waals surface area contributed by atoms with Gasteiger partial charge in [-0.05, 0) is 47.2 Å². The standard InChI is InChI=1S/C26H32N2O3/c1-30-24-11-9-21(10-12-24)26(28-14-4-5-15-28)18-27-17-23(29)19-31-25-13-8-20-6-2-3-7-22(20)16-25/h2-3,6-13,16,23,26-27,29H,4-5,14-15,17-19H2,1H3/p+2/t23-,26+/m0/s1. The molecule has 1 heterocycles. The average molecular weight is 423 g/mol. The molecule has 3 aromatic rings. The first-order chi connectivity index (χ1) is 15.2. The van der Waals surface area contributed by atoms with Crippen LogP contribution in [-0.2, 0) is 0 Å². The Balaban J connectivity index is 1.28. The van der Waals surface area contributed by atoms with Crippen LogP contribution >= 0.6 is 0 Å². The highest BCUT2D eigenvalue weighted by Crippen LogP contribution is 2.20. The molecule has 4 rings (SSSR count). The van der Waals surface area contributed by atoms with Gasteiger partial charge in [0.1, 0.15) is 37.3 Å². The Bertz CT molecular complexity index is 954. The van der Waals surface area contributed by atoms with Crippen molar-refractivity contribution < 1.29 is 24.8 Å². The van der Waals surface area contributed by atoms with E-state index in [1.807, 2.05) is 36.4 Å². The fraction of sp³-hybridized carbons (Fsp3) is 0.385. The Kier molecular flexibility index (Phi) is 7.41. The molecular formula is C26H34N2O3+2. The van der Waals surface area contributed by atoms with E-state index < -0.39 is 6.10 Å². The fourth-order valence-electron chi connectivity index (χ4n) is 4.53. The van der Waals surface area contributed by atoms with Crippen molar-refractivity contribution in [2.75, 3.05) is 39.9 Å². The maximum Gasteiger partial charge on any atom is 0.163 e. The zero-order chi connectivity index (χ0) is 21.5. The van der Waals surface area contributed by atoms with Gasteiger partial charge >= 0.3 is 0 Å². The molecule has 0 radical (unpaired) electrons. The summed E-state index contributed by atoms with van der Waals surface area (Å²) in [5.41, 5.74) is 1.34. The number of hydrogen-bond donors (Lipinski definition) is 3. The summed E-state index contributed by atoms with van der Waals surface area (Å²) in [6, 6.07) is 23.2. The van der Waals surface area contributed by atoms with Gasteiger partial charge in [-0.2, -0.15) is 0 Å². The minimum atomic E-state index is -0.503. The number of fused-ring (bicyclic) bond motifs is 1. The molecule has 0 unspecified atom stereocenters. The van der Waals surface area contributed by atoms with Crippen LogP contribution in [0.1, 0.15) is 24.4 Å². The molecule has 0 aliphatic carbocycles. The number of ether oxygens (including phenoxy) is 2. The lowest BCUT2D eigenvalue weighted by Gasteiger charge is -2.24. The van der Waals surface area contributed by atoms with Crippen molar-refractivity contribution in [1.82, 2.24) is 0 Å². The summed E-state index contributed by atoms with van der Waals surface area (Å²) in [6.45, 7) is 4.33. The lowest BCUT2D eigenvalue weighted by atomic mass is 10.1. The van der Waals surface area contributed by atoms with E-state index in [1.54, 1.807) is 12.0 Å². The van der Waals surface area contributed by atoms with Crippen molar-refractivity contribution in [1.29, 1.82) is 0 Å². The third-order valence-corrected chi connectivity index (χ3v) is 6.26. The quantitative estimate of drug-likeness (QED) is 0.465. The van der Waals surface area contributed by atoms with E-state index in [4.69, 9.17) is 9.47 Å². The molecule has 0 spiro atoms. The van der Waals surface area contributed by atoms with Crippen LogP contribution in [0.15, 0.2) is 66.7 Å². The second-order valence-corrected chi connectivity index (χ2v) is 8.42. The second-order valence-electron chi connectivity index (χ2n) is 8.42. The van der Waals surface area contributed by atoms with E-state index in [0.717, 1.165) is 23.4 Å². The lowest BCUT2D eigenvalue weighted by Crippen LogP contribution is -3.13. The number of hydrogen-bond acceptors (Lipinski definition) is 3. The van der Waals surface area contributed by atoms with Crippen LogP contribution in [0.4, 0.5) is 0 Å². The first-order valence-electron chi connectivity index (χ1n) is 11.3. The molecular weight excluding hydrogens is 388 g/mol. The summed E-state index contributed by atoms with van der Waals surface area (Å²) in [6.07, 6.45) is 2.09. The SMILES string of the molecule is COc1ccc([C@@H](C[NH2+]C[C@H](O)COc2ccc3ccccc3c2)[NH+]2CCCC2)cc1. The normalized spacial score (nSPS) is 16.3. The Hall–Kier alpha value is -2.60. The largest absolute Gasteiger partial charge is 0.497 e. The van der Waals surface area contributed by atoms with Crippen molar-refractivity contribution in [3.8, 4) is 11.5 Å². The molecule has 1 aliphatic rings. The Morgan fingerprint density at radius 3 is 2.35 bits per heavy atom. The summed E-state index contributed by atoms with van der Waals surface area (Å²) in [7, 11) is 1.70. The van der Waals surface area contributed by atoms with Crippen molar-refractivity contribution in [2.24, 2.45) is 0 Å². The fourth-order valence-corrected chi connectivity index (χ4v) is 4.53. The van der Waals surface area contributed by atoms with E-state index in [2.05, 4.69) is 35.6 Å². The minimum Gasteiger partial charge on any atom is -0.497 e. The number of benzene rings is 3. The Labute approximate surface area is 184 Å². The summed E-state index contributed by atoms with van der Waals surface area (Å²) < 4.78 is 11.2. The van der Waals surface area contributed by atoms with Crippen LogP contribution < -0.4 is 19.7 Å². The van der Waals surface area contributed by atoms with Gasteiger partial charge in [-0.3, -0.25) is 0 Å². The Morgan fingerprint density at radius 2 is 1.61 bits per heavy atom. The third kappa shape index (κ3) is 5.76. The zero-order valence-electron chi connectivity index (χ0n) is 18.3. The molecule has 0 amide bonds. The van der Waals surface area contributed by atoms with Crippen LogP contribution in [0.3, 0.4) is 0 Å². The molecule has 0 bridgehead atoms. The summed E-state index contributed by atoms with van der Waals surface area (Å²) in [4.78, 5) is 1.64. The molecule has 164 valence electrons. The van der Waals surface area contributed by atoms with Crippen molar-refractivity contribution in [2.45, 2.75) is 25.0 Å². The van der Waals surface area contributed by atoms with Crippen LogP contribution in [0, 0.1) is 0 Å². The smallest absolute Gasteiger partial charge is 0.163 e. The number of aliphatic hydroxyl groups excluding tert-OH is 1. The van der Waals surface area contributed by atoms with Gasteiger partial charge in [0.2, 0.25) is 0 Å². The first-order valence-corrected chi connectivity index (χ1v) is 11.3. The van der Waals surface area contributed by atoms with Crippen molar-refractivity contribution in [3.05, 3.63) is 72.3 Å². The molecule has 31 heavy (non-hydrogen) atoms. The summed E-state index contributed by atoms with van der Waals surface area (Å²) in [5, 5.41) is 15.0. The molecule has 0 saturated carbocycles. The van der Waals surface area contributed by atoms with Gasteiger partial charge in [-0.1, -0.05) is 30.3 Å². The predicted octanol–water partition coefficient (Wildman–Crippen LogP) is 1.57. The van der Waals surface area contributed by atoms with E-state index >= 15 is 0 Å². The monoisotopic (exact) mass is 422 g/mol. The summed E-state index contributed by atoms with van der Waals surface area (Å²) >= 11 is 0. The van der Waals surface area contributed by atoms with Gasteiger partial charge in [0.25, 0.3) is 0 Å². The van der Waals surface area contributed by atoms with Gasteiger partial charge in [-0.25, -0.2) is 0 Å². The van der Waals surface area contributed by atoms with Gasteiger partial charge in [0.05, 0.1) is 20.2 Å². The highest BCUT2D eigenvalue weighted by atomic mass is 16.5. The lowest BCUT2D eigenvalue weighted by molar-refractivity contribution is -0.934. The van der Waals surface area contributed by atoms with E-state index in [9.17, 15) is 5.11 Å². The van der Waals surface area contributed by atoms with Gasteiger partial charge in [0, 0.05) is 18.4 Å². The number of quaternary nitrogens is 2. The topological polar surface area (TPSA) is 59.7 Å². The highest BCUT2D eigenvalue weighted by Gasteiger charge is 2.29. The van der Waals surface area contributed by atoms with Crippen LogP contribution in [0.25, 0.3) is 10.8 Å². The molecule has 2 atom stereocenters. The molecule has 5 heteroatoms. The van der Waals surface area contributed by atoms with Gasteiger partial charge in [0.15, 0.2) is 6.04 Å². The van der Waals surface area contributed by atoms with Crippen LogP contribution in [-0.4, -0.2) is 51.1 Å². The maximum absolute atomic E-state index is 10.5. The van der Waals surface area contributed by atoms with Crippen LogP contribution in [0.5, 0.6) is 11.5 Å². The molecule has 5 nitrogen and oxygen atoms in total. The molecule has 1 saturated heterocycles. The van der Waals surface area contributed by atoms with E-state index in [0.29, 0.717) is 19.2 Å². The first kappa shape index (κ1) is 21.6. The molecule has 4 N–H and O–H groups in total. The van der Waals surface area contributed by atoms with Crippen LogP contribution in [0.2, 0.25) is 0 Å². The summed E-state index contributed by atoms with van der Waals surface area (Å²) in [5.74, 6) is 1.69.